The first kappa shape index (κ1) is 9.40. The Balaban J connectivity index is 2.86. The molecule has 0 fully saturated rings. The third kappa shape index (κ3) is 1.46. The van der Waals surface area contributed by atoms with Crippen molar-refractivity contribution in [3.63, 3.8) is 0 Å². The van der Waals surface area contributed by atoms with E-state index < -0.39 is 11.6 Å². The first-order chi connectivity index (χ1) is 6.72. The Labute approximate surface area is 84.2 Å². The molecule has 0 unspecified atom stereocenters. The van der Waals surface area contributed by atoms with Gasteiger partial charge in [0.1, 0.15) is 11.3 Å². The highest BCUT2D eigenvalue weighted by atomic mass is 32.2. The quantitative estimate of drug-likeness (QED) is 0.671. The molecular formula is C10H7F2NS. The van der Waals surface area contributed by atoms with Crippen molar-refractivity contribution in [1.82, 2.24) is 4.98 Å². The maximum absolute atomic E-state index is 13.3. The van der Waals surface area contributed by atoms with Crippen LogP contribution in [0.5, 0.6) is 0 Å². The Morgan fingerprint density at radius 1 is 1.29 bits per heavy atom. The van der Waals surface area contributed by atoms with Crippen LogP contribution in [0.4, 0.5) is 8.78 Å². The predicted octanol–water partition coefficient (Wildman–Crippen LogP) is 3.23. The summed E-state index contributed by atoms with van der Waals surface area (Å²) in [4.78, 5) is 4.70. The molecule has 0 N–H and O–H groups in total. The number of hydrogen-bond donors (Lipinski definition) is 0. The van der Waals surface area contributed by atoms with Gasteiger partial charge in [0.15, 0.2) is 5.82 Å². The molecule has 0 radical (unpaired) electrons. The maximum atomic E-state index is 13.3. The lowest BCUT2D eigenvalue weighted by Gasteiger charge is -2.03. The van der Waals surface area contributed by atoms with E-state index >= 15 is 0 Å². The van der Waals surface area contributed by atoms with Gasteiger partial charge >= 0.3 is 0 Å². The summed E-state index contributed by atoms with van der Waals surface area (Å²) in [5.41, 5.74) is 0.221. The lowest BCUT2D eigenvalue weighted by atomic mass is 10.2. The number of hydrogen-bond acceptors (Lipinski definition) is 2. The van der Waals surface area contributed by atoms with Crippen molar-refractivity contribution < 1.29 is 8.78 Å². The van der Waals surface area contributed by atoms with E-state index in [1.165, 1.54) is 24.0 Å². The number of pyridine rings is 1. The summed E-state index contributed by atoms with van der Waals surface area (Å²) in [7, 11) is 0. The summed E-state index contributed by atoms with van der Waals surface area (Å²) in [6.45, 7) is 0. The van der Waals surface area contributed by atoms with Gasteiger partial charge in [0, 0.05) is 22.5 Å². The van der Waals surface area contributed by atoms with Crippen molar-refractivity contribution in [2.45, 2.75) is 4.90 Å². The number of rotatable bonds is 1. The van der Waals surface area contributed by atoms with Crippen LogP contribution < -0.4 is 0 Å². The molecular weight excluding hydrogens is 204 g/mol. The molecule has 0 saturated heterocycles. The SMILES string of the molecule is CSc1ccnc2c(F)cc(F)cc12. The minimum absolute atomic E-state index is 0.221. The zero-order chi connectivity index (χ0) is 10.1. The van der Waals surface area contributed by atoms with Gasteiger partial charge in [-0.15, -0.1) is 11.8 Å². The lowest BCUT2D eigenvalue weighted by molar-refractivity contribution is 0.590. The Bertz CT molecular complexity index is 485. The van der Waals surface area contributed by atoms with Gasteiger partial charge in [0.25, 0.3) is 0 Å². The Kier molecular flexibility index (Phi) is 2.37. The van der Waals surface area contributed by atoms with Crippen LogP contribution >= 0.6 is 11.8 Å². The Hall–Kier alpha value is -1.16. The fraction of sp³-hybridized carbons (Fsp3) is 0.100. The number of fused-ring (bicyclic) bond motifs is 1. The number of thioether (sulfide) groups is 1. The summed E-state index contributed by atoms with van der Waals surface area (Å²) in [5, 5.41) is 0.525. The molecule has 0 aliphatic rings. The van der Waals surface area contributed by atoms with E-state index in [1.807, 2.05) is 6.26 Å². The van der Waals surface area contributed by atoms with E-state index in [0.717, 1.165) is 11.0 Å². The number of benzene rings is 1. The monoisotopic (exact) mass is 211 g/mol. The highest BCUT2D eigenvalue weighted by Crippen LogP contribution is 2.26. The first-order valence-electron chi connectivity index (χ1n) is 4.00. The molecule has 0 saturated carbocycles. The highest BCUT2D eigenvalue weighted by molar-refractivity contribution is 7.98. The van der Waals surface area contributed by atoms with E-state index in [0.29, 0.717) is 5.39 Å². The normalized spacial score (nSPS) is 10.8. The molecule has 4 heteroatoms. The van der Waals surface area contributed by atoms with Gasteiger partial charge in [0.2, 0.25) is 0 Å². The van der Waals surface area contributed by atoms with Gasteiger partial charge in [-0.05, 0) is 18.4 Å². The number of aromatic nitrogens is 1. The molecule has 0 aliphatic heterocycles. The molecule has 0 amide bonds. The van der Waals surface area contributed by atoms with Crippen molar-refractivity contribution in [2.24, 2.45) is 0 Å². The van der Waals surface area contributed by atoms with Gasteiger partial charge in [-0.2, -0.15) is 0 Å². The third-order valence-electron chi connectivity index (χ3n) is 1.94. The molecule has 1 heterocycles. The topological polar surface area (TPSA) is 12.9 Å². The van der Waals surface area contributed by atoms with Crippen molar-refractivity contribution in [1.29, 1.82) is 0 Å². The second kappa shape index (κ2) is 3.53. The smallest absolute Gasteiger partial charge is 0.152 e. The van der Waals surface area contributed by atoms with E-state index in [4.69, 9.17) is 0 Å². The van der Waals surface area contributed by atoms with Gasteiger partial charge < -0.3 is 0 Å². The maximum Gasteiger partial charge on any atom is 0.152 e. The van der Waals surface area contributed by atoms with Crippen molar-refractivity contribution in [3.05, 3.63) is 36.0 Å². The summed E-state index contributed by atoms with van der Waals surface area (Å²) in [5.74, 6) is -1.19. The number of halogens is 2. The minimum atomic E-state index is -0.615. The van der Waals surface area contributed by atoms with E-state index in [9.17, 15) is 8.78 Å². The van der Waals surface area contributed by atoms with Crippen LogP contribution in [0.1, 0.15) is 0 Å². The molecule has 1 aromatic heterocycles. The van der Waals surface area contributed by atoms with E-state index in [2.05, 4.69) is 4.98 Å². The number of nitrogens with zero attached hydrogens (tertiary/aromatic N) is 1. The van der Waals surface area contributed by atoms with Crippen LogP contribution in [-0.4, -0.2) is 11.2 Å². The summed E-state index contributed by atoms with van der Waals surface area (Å²) in [6.07, 6.45) is 3.38. The van der Waals surface area contributed by atoms with Crippen LogP contribution in [-0.2, 0) is 0 Å². The standard InChI is InChI=1S/C10H7F2NS/c1-14-9-2-3-13-10-7(9)4-6(11)5-8(10)12/h2-5H,1H3. The molecule has 1 aromatic carbocycles. The second-order valence-electron chi connectivity index (χ2n) is 2.80. The summed E-state index contributed by atoms with van der Waals surface area (Å²) >= 11 is 1.44. The molecule has 14 heavy (non-hydrogen) atoms. The first-order valence-corrected chi connectivity index (χ1v) is 5.22. The zero-order valence-electron chi connectivity index (χ0n) is 7.42. The predicted molar refractivity (Wildman–Crippen MR) is 53.4 cm³/mol. The van der Waals surface area contributed by atoms with Gasteiger partial charge in [-0.3, -0.25) is 4.98 Å². The van der Waals surface area contributed by atoms with Crippen LogP contribution in [0.25, 0.3) is 10.9 Å². The molecule has 0 atom stereocenters. The minimum Gasteiger partial charge on any atom is -0.253 e. The third-order valence-corrected chi connectivity index (χ3v) is 2.74. The average molecular weight is 211 g/mol. The van der Waals surface area contributed by atoms with Crippen LogP contribution in [0.15, 0.2) is 29.3 Å². The summed E-state index contributed by atoms with van der Waals surface area (Å²) in [6, 6.07) is 3.89. The van der Waals surface area contributed by atoms with Gasteiger partial charge in [-0.25, -0.2) is 8.78 Å². The summed E-state index contributed by atoms with van der Waals surface area (Å²) < 4.78 is 26.2. The Morgan fingerprint density at radius 2 is 2.07 bits per heavy atom. The van der Waals surface area contributed by atoms with Crippen molar-refractivity contribution >= 4 is 22.7 Å². The Morgan fingerprint density at radius 3 is 2.79 bits per heavy atom. The molecule has 2 aromatic rings. The molecule has 2 rings (SSSR count). The van der Waals surface area contributed by atoms with Gasteiger partial charge in [-0.1, -0.05) is 0 Å². The van der Waals surface area contributed by atoms with Gasteiger partial charge in [0.05, 0.1) is 0 Å². The molecule has 0 bridgehead atoms. The second-order valence-corrected chi connectivity index (χ2v) is 3.65. The van der Waals surface area contributed by atoms with E-state index in [1.54, 1.807) is 6.07 Å². The average Bonchev–Trinajstić information content (AvgIpc) is 2.17. The highest BCUT2D eigenvalue weighted by Gasteiger charge is 2.07. The molecule has 72 valence electrons. The van der Waals surface area contributed by atoms with Crippen LogP contribution in [0.3, 0.4) is 0 Å². The van der Waals surface area contributed by atoms with Crippen molar-refractivity contribution in [3.8, 4) is 0 Å². The lowest BCUT2D eigenvalue weighted by Crippen LogP contribution is -1.88. The van der Waals surface area contributed by atoms with Crippen molar-refractivity contribution in [2.75, 3.05) is 6.26 Å². The largest absolute Gasteiger partial charge is 0.253 e. The van der Waals surface area contributed by atoms with E-state index in [-0.39, 0.29) is 5.52 Å². The molecule has 0 spiro atoms. The molecule has 0 aliphatic carbocycles. The molecule has 1 nitrogen and oxygen atoms in total. The van der Waals surface area contributed by atoms with Crippen LogP contribution in [0, 0.1) is 11.6 Å². The fourth-order valence-corrected chi connectivity index (χ4v) is 1.90. The zero-order valence-corrected chi connectivity index (χ0v) is 8.24. The van der Waals surface area contributed by atoms with Crippen LogP contribution in [0.2, 0.25) is 0 Å². The fourth-order valence-electron chi connectivity index (χ4n) is 1.33.